The van der Waals surface area contributed by atoms with Gasteiger partial charge < -0.3 is 9.47 Å². The second-order valence-electron chi connectivity index (χ2n) is 6.11. The number of carbonyl (C=O) groups is 5. The molecule has 0 saturated heterocycles. The third kappa shape index (κ3) is 4.33. The number of Topliss-reactive ketones (excluding diaryl/α,β-unsaturated/α-hetero) is 3. The van der Waals surface area contributed by atoms with Crippen molar-refractivity contribution < 1.29 is 33.4 Å². The van der Waals surface area contributed by atoms with Crippen LogP contribution in [0.2, 0.25) is 0 Å². The van der Waals surface area contributed by atoms with E-state index in [1.54, 1.807) is 13.8 Å². The molecule has 0 radical (unpaired) electrons. The van der Waals surface area contributed by atoms with Gasteiger partial charge in [-0.25, -0.2) is 9.59 Å². The van der Waals surface area contributed by atoms with Crippen molar-refractivity contribution in [2.24, 2.45) is 5.41 Å². The van der Waals surface area contributed by atoms with E-state index < -0.39 is 17.4 Å². The molecule has 0 aliphatic heterocycles. The fourth-order valence-electron chi connectivity index (χ4n) is 2.94. The van der Waals surface area contributed by atoms with Gasteiger partial charge in [0.05, 0.1) is 18.6 Å². The van der Waals surface area contributed by atoms with Gasteiger partial charge in [0.2, 0.25) is 0 Å². The summed E-state index contributed by atoms with van der Waals surface area (Å²) in [7, 11) is 0. The van der Waals surface area contributed by atoms with Gasteiger partial charge >= 0.3 is 11.9 Å². The fourth-order valence-corrected chi connectivity index (χ4v) is 2.94. The minimum absolute atomic E-state index is 0.0439. The molecule has 0 aromatic carbocycles. The van der Waals surface area contributed by atoms with Crippen molar-refractivity contribution in [1.82, 2.24) is 0 Å². The van der Waals surface area contributed by atoms with Crippen LogP contribution in [0.15, 0.2) is 22.8 Å². The van der Waals surface area contributed by atoms with Gasteiger partial charge in [0.1, 0.15) is 17.1 Å². The highest BCUT2D eigenvalue weighted by Crippen LogP contribution is 2.44. The number of rotatable bonds is 8. The van der Waals surface area contributed by atoms with Crippen molar-refractivity contribution >= 4 is 29.3 Å². The lowest BCUT2D eigenvalue weighted by atomic mass is 9.76. The predicted molar refractivity (Wildman–Crippen MR) is 92.1 cm³/mol. The number of hydrogen-bond donors (Lipinski definition) is 0. The molecule has 0 atom stereocenters. The van der Waals surface area contributed by atoms with Crippen LogP contribution in [0.3, 0.4) is 0 Å². The number of ether oxygens (including phenoxy) is 2. The topological polar surface area (TPSA) is 104 Å². The second-order valence-corrected chi connectivity index (χ2v) is 6.11. The van der Waals surface area contributed by atoms with Crippen LogP contribution in [0, 0.1) is 5.41 Å². The Labute approximate surface area is 152 Å². The summed E-state index contributed by atoms with van der Waals surface area (Å²) in [6, 6.07) is 0. The van der Waals surface area contributed by atoms with Gasteiger partial charge in [0, 0.05) is 0 Å². The third-order valence-electron chi connectivity index (χ3n) is 4.44. The molecule has 1 aliphatic carbocycles. The predicted octanol–water partition coefficient (Wildman–Crippen LogP) is 1.88. The minimum atomic E-state index is -1.35. The summed E-state index contributed by atoms with van der Waals surface area (Å²) in [5, 5.41) is 0. The van der Waals surface area contributed by atoms with E-state index >= 15 is 0 Å². The van der Waals surface area contributed by atoms with Crippen LogP contribution in [0.4, 0.5) is 0 Å². The van der Waals surface area contributed by atoms with E-state index in [9.17, 15) is 24.0 Å². The van der Waals surface area contributed by atoms with Gasteiger partial charge in [-0.05, 0) is 64.7 Å². The summed E-state index contributed by atoms with van der Waals surface area (Å²) in [6.07, 6.45) is 1.12. The van der Waals surface area contributed by atoms with Crippen LogP contribution >= 0.6 is 0 Å². The average Bonchev–Trinajstić information content (AvgIpc) is 2.94. The zero-order valence-corrected chi connectivity index (χ0v) is 15.8. The lowest BCUT2D eigenvalue weighted by Gasteiger charge is -2.23. The van der Waals surface area contributed by atoms with Crippen LogP contribution < -0.4 is 0 Å². The van der Waals surface area contributed by atoms with Crippen LogP contribution in [-0.4, -0.2) is 42.5 Å². The van der Waals surface area contributed by atoms with E-state index in [4.69, 9.17) is 9.47 Å². The number of allylic oxidation sites excluding steroid dienone is 3. The normalized spacial score (nSPS) is 15.3. The molecule has 0 aromatic heterocycles. The zero-order chi connectivity index (χ0) is 20.1. The van der Waals surface area contributed by atoms with E-state index in [0.717, 1.165) is 0 Å². The molecule has 7 heteroatoms. The van der Waals surface area contributed by atoms with Crippen molar-refractivity contribution in [2.75, 3.05) is 13.2 Å². The number of hydrogen-bond acceptors (Lipinski definition) is 7. The van der Waals surface area contributed by atoms with Crippen molar-refractivity contribution in [2.45, 2.75) is 47.5 Å². The molecule has 0 unspecified atom stereocenters. The molecule has 0 saturated carbocycles. The largest absolute Gasteiger partial charge is 0.462 e. The van der Waals surface area contributed by atoms with Crippen LogP contribution in [0.1, 0.15) is 47.5 Å². The van der Waals surface area contributed by atoms with E-state index in [-0.39, 0.29) is 54.6 Å². The second kappa shape index (κ2) is 8.69. The first-order valence-electron chi connectivity index (χ1n) is 8.41. The van der Waals surface area contributed by atoms with Gasteiger partial charge in [0.25, 0.3) is 0 Å². The molecule has 1 rings (SSSR count). The first kappa shape index (κ1) is 21.5. The summed E-state index contributed by atoms with van der Waals surface area (Å²) in [6.45, 7) is 7.19. The smallest absolute Gasteiger partial charge is 0.345 e. The molecule has 26 heavy (non-hydrogen) atoms. The Hall–Kier alpha value is -2.57. The maximum Gasteiger partial charge on any atom is 0.345 e. The van der Waals surface area contributed by atoms with Crippen molar-refractivity contribution in [3.05, 3.63) is 22.8 Å². The monoisotopic (exact) mass is 364 g/mol. The Kier molecular flexibility index (Phi) is 7.18. The third-order valence-corrected chi connectivity index (χ3v) is 4.44. The number of esters is 2. The SMILES string of the molecule is CCOC(=O)C(=CC1=C(C(C)=O)CC(C(C)=O)(C(C)=O)C1)C(=O)OCC. The molecular weight excluding hydrogens is 340 g/mol. The van der Waals surface area contributed by atoms with Gasteiger partial charge in [0.15, 0.2) is 5.78 Å². The highest BCUT2D eigenvalue weighted by molar-refractivity contribution is 6.15. The van der Waals surface area contributed by atoms with E-state index in [1.165, 1.54) is 26.8 Å². The molecule has 0 aromatic rings. The lowest BCUT2D eigenvalue weighted by Crippen LogP contribution is -2.34. The van der Waals surface area contributed by atoms with Gasteiger partial charge in [-0.1, -0.05) is 0 Å². The zero-order valence-electron chi connectivity index (χ0n) is 15.8. The summed E-state index contributed by atoms with van der Waals surface area (Å²) < 4.78 is 9.75. The Morgan fingerprint density at radius 1 is 0.885 bits per heavy atom. The summed E-state index contributed by atoms with van der Waals surface area (Å²) in [4.78, 5) is 60.5. The maximum atomic E-state index is 12.1. The molecule has 0 N–H and O–H groups in total. The van der Waals surface area contributed by atoms with E-state index in [0.29, 0.717) is 5.57 Å². The fraction of sp³-hybridized carbons (Fsp3) is 0.526. The molecule has 0 fully saturated rings. The number of ketones is 3. The van der Waals surface area contributed by atoms with Crippen molar-refractivity contribution in [3.63, 3.8) is 0 Å². The molecule has 142 valence electrons. The summed E-state index contributed by atoms with van der Waals surface area (Å²) >= 11 is 0. The van der Waals surface area contributed by atoms with Crippen molar-refractivity contribution in [3.8, 4) is 0 Å². The summed E-state index contributed by atoms with van der Waals surface area (Å²) in [5.41, 5.74) is -1.16. The molecule has 0 bridgehead atoms. The summed E-state index contributed by atoms with van der Waals surface area (Å²) in [5.74, 6) is -2.82. The van der Waals surface area contributed by atoms with E-state index in [2.05, 4.69) is 0 Å². The highest BCUT2D eigenvalue weighted by Gasteiger charge is 2.47. The van der Waals surface area contributed by atoms with E-state index in [1.807, 2.05) is 0 Å². The quantitative estimate of drug-likeness (QED) is 0.280. The van der Waals surface area contributed by atoms with Crippen LogP contribution in [0.25, 0.3) is 0 Å². The molecule has 1 aliphatic rings. The first-order chi connectivity index (χ1) is 12.1. The van der Waals surface area contributed by atoms with Crippen LogP contribution in [0.5, 0.6) is 0 Å². The molecule has 0 spiro atoms. The maximum absolute atomic E-state index is 12.1. The first-order valence-corrected chi connectivity index (χ1v) is 8.41. The van der Waals surface area contributed by atoms with Gasteiger partial charge in [-0.15, -0.1) is 0 Å². The Morgan fingerprint density at radius 3 is 1.69 bits per heavy atom. The molecule has 7 nitrogen and oxygen atoms in total. The molecule has 0 amide bonds. The van der Waals surface area contributed by atoms with Gasteiger partial charge in [-0.3, -0.25) is 14.4 Å². The number of carbonyl (C=O) groups excluding carboxylic acids is 5. The Morgan fingerprint density at radius 2 is 1.35 bits per heavy atom. The Balaban J connectivity index is 3.46. The van der Waals surface area contributed by atoms with Gasteiger partial charge in [-0.2, -0.15) is 0 Å². The molecule has 0 heterocycles. The molecular formula is C19H24O7. The van der Waals surface area contributed by atoms with Crippen molar-refractivity contribution in [1.29, 1.82) is 0 Å². The Bertz CT molecular complexity index is 675. The average molecular weight is 364 g/mol. The van der Waals surface area contributed by atoms with Crippen LogP contribution in [-0.2, 0) is 33.4 Å². The lowest BCUT2D eigenvalue weighted by molar-refractivity contribution is -0.146. The standard InChI is InChI=1S/C19H24O7/c1-6-25-17(23)15(18(24)26-7-2)8-14-9-19(12(4)21,13(5)22)10-16(14)11(3)20/h8H,6-7,9-10H2,1-5H3. The highest BCUT2D eigenvalue weighted by atomic mass is 16.6. The minimum Gasteiger partial charge on any atom is -0.462 e.